The summed E-state index contributed by atoms with van der Waals surface area (Å²) in [6, 6.07) is 14.7. The number of nitrogens with zero attached hydrogens (tertiary/aromatic N) is 4. The molecule has 1 fully saturated rings. The van der Waals surface area contributed by atoms with Crippen molar-refractivity contribution in [3.05, 3.63) is 65.1 Å². The van der Waals surface area contributed by atoms with E-state index in [1.165, 1.54) is 0 Å². The Hall–Kier alpha value is -3.98. The van der Waals surface area contributed by atoms with E-state index >= 15 is 0 Å². The van der Waals surface area contributed by atoms with E-state index in [1.54, 1.807) is 25.0 Å². The Morgan fingerprint density at radius 3 is 2.65 bits per heavy atom. The number of methoxy groups -OCH3 is 2. The van der Waals surface area contributed by atoms with Gasteiger partial charge in [0.05, 0.1) is 33.1 Å². The summed E-state index contributed by atoms with van der Waals surface area (Å²) in [7, 11) is 3.22. The van der Waals surface area contributed by atoms with Crippen molar-refractivity contribution in [2.24, 2.45) is 0 Å². The number of hydrogen-bond donors (Lipinski definition) is 1. The van der Waals surface area contributed by atoms with Gasteiger partial charge in [0.15, 0.2) is 5.65 Å². The zero-order chi connectivity index (χ0) is 23.5. The summed E-state index contributed by atoms with van der Waals surface area (Å²) in [6.07, 6.45) is 3.46. The average Bonchev–Trinajstić information content (AvgIpc) is 3.39. The van der Waals surface area contributed by atoms with Crippen LogP contribution in [0.1, 0.15) is 12.8 Å². The van der Waals surface area contributed by atoms with Crippen molar-refractivity contribution in [1.29, 1.82) is 0 Å². The third kappa shape index (κ3) is 4.42. The maximum Gasteiger partial charge on any atom is 0.278 e. The fourth-order valence-electron chi connectivity index (χ4n) is 4.02. The van der Waals surface area contributed by atoms with Crippen LogP contribution in [0.5, 0.6) is 11.5 Å². The molecule has 1 aliphatic heterocycles. The monoisotopic (exact) mass is 459 g/mol. The molecule has 1 atom stereocenters. The molecule has 0 spiro atoms. The van der Waals surface area contributed by atoms with Crippen molar-refractivity contribution in [3.8, 4) is 22.8 Å². The minimum Gasteiger partial charge on any atom is -0.497 e. The van der Waals surface area contributed by atoms with Crippen LogP contribution < -0.4 is 20.3 Å². The molecule has 5 rings (SSSR count). The van der Waals surface area contributed by atoms with Gasteiger partial charge in [0.1, 0.15) is 22.7 Å². The molecule has 9 nitrogen and oxygen atoms in total. The number of nitrogens with one attached hydrogen (secondary N) is 1. The molecule has 2 aromatic carbocycles. The van der Waals surface area contributed by atoms with Gasteiger partial charge in [-0.25, -0.2) is 9.97 Å². The fraction of sp³-hybridized carbons (Fsp3) is 0.280. The quantitative estimate of drug-likeness (QED) is 0.446. The van der Waals surface area contributed by atoms with Crippen LogP contribution in [-0.2, 0) is 11.3 Å². The Bertz CT molecular complexity index is 1360. The molecule has 0 saturated carbocycles. The molecule has 34 heavy (non-hydrogen) atoms. The van der Waals surface area contributed by atoms with Gasteiger partial charge in [0.2, 0.25) is 5.95 Å². The highest BCUT2D eigenvalue weighted by Gasteiger charge is 2.21. The Morgan fingerprint density at radius 2 is 1.91 bits per heavy atom. The standard InChI is InChI=1S/C25H25N5O4/c1-32-18-10-8-16(9-11-18)22-24(31)30(15-20-7-4-12-34-20)23-21(28-22)14-26-25(29-23)27-17-5-3-6-19(13-17)33-2/h3,5-6,8-11,13-14,20H,4,7,12,15H2,1-2H3,(H,26,27,29)/t20-/m1/s1. The maximum atomic E-state index is 13.6. The Morgan fingerprint density at radius 1 is 1.09 bits per heavy atom. The number of rotatable bonds is 7. The lowest BCUT2D eigenvalue weighted by molar-refractivity contribution is 0.0971. The van der Waals surface area contributed by atoms with Gasteiger partial charge in [-0.2, -0.15) is 4.98 Å². The highest BCUT2D eigenvalue weighted by atomic mass is 16.5. The Labute approximate surface area is 196 Å². The van der Waals surface area contributed by atoms with Gasteiger partial charge in [0, 0.05) is 23.9 Å². The molecule has 4 aromatic rings. The molecule has 2 aromatic heterocycles. The van der Waals surface area contributed by atoms with Crippen molar-refractivity contribution in [1.82, 2.24) is 19.5 Å². The molecule has 0 radical (unpaired) electrons. The predicted molar refractivity (Wildman–Crippen MR) is 129 cm³/mol. The molecule has 3 heterocycles. The highest BCUT2D eigenvalue weighted by molar-refractivity contribution is 5.75. The topological polar surface area (TPSA) is 100 Å². The van der Waals surface area contributed by atoms with Crippen LogP contribution in [0.4, 0.5) is 11.6 Å². The van der Waals surface area contributed by atoms with Gasteiger partial charge in [-0.05, 0) is 49.2 Å². The highest BCUT2D eigenvalue weighted by Crippen LogP contribution is 2.23. The summed E-state index contributed by atoms with van der Waals surface area (Å²) in [4.78, 5) is 27.3. The van der Waals surface area contributed by atoms with Gasteiger partial charge in [-0.1, -0.05) is 6.07 Å². The lowest BCUT2D eigenvalue weighted by atomic mass is 10.1. The molecular weight excluding hydrogens is 434 g/mol. The van der Waals surface area contributed by atoms with Crippen molar-refractivity contribution >= 4 is 22.8 Å². The Balaban J connectivity index is 1.59. The first-order valence-corrected chi connectivity index (χ1v) is 11.1. The average molecular weight is 460 g/mol. The second kappa shape index (κ2) is 9.48. The number of hydrogen-bond acceptors (Lipinski definition) is 8. The molecule has 0 bridgehead atoms. The summed E-state index contributed by atoms with van der Waals surface area (Å²) in [5.41, 5.74) is 2.57. The van der Waals surface area contributed by atoms with Crippen molar-refractivity contribution in [3.63, 3.8) is 0 Å². The van der Waals surface area contributed by atoms with E-state index in [-0.39, 0.29) is 11.7 Å². The normalized spacial score (nSPS) is 15.4. The predicted octanol–water partition coefficient (Wildman–Crippen LogP) is 3.79. The lowest BCUT2D eigenvalue weighted by Crippen LogP contribution is -2.29. The van der Waals surface area contributed by atoms with Gasteiger partial charge in [0.25, 0.3) is 5.56 Å². The van der Waals surface area contributed by atoms with Gasteiger partial charge >= 0.3 is 0 Å². The SMILES string of the molecule is COc1ccc(-c2nc3cnc(Nc4cccc(OC)c4)nc3n(C[C@H]3CCCO3)c2=O)cc1. The summed E-state index contributed by atoms with van der Waals surface area (Å²) in [5, 5.41) is 3.18. The summed E-state index contributed by atoms with van der Waals surface area (Å²) >= 11 is 0. The molecule has 0 amide bonds. The second-order valence-corrected chi connectivity index (χ2v) is 8.00. The van der Waals surface area contributed by atoms with Crippen LogP contribution in [0.3, 0.4) is 0 Å². The summed E-state index contributed by atoms with van der Waals surface area (Å²) in [5.74, 6) is 1.79. The van der Waals surface area contributed by atoms with Gasteiger partial charge < -0.3 is 19.5 Å². The smallest absolute Gasteiger partial charge is 0.278 e. The van der Waals surface area contributed by atoms with Crippen LogP contribution in [-0.4, -0.2) is 46.4 Å². The van der Waals surface area contributed by atoms with Crippen LogP contribution in [0, 0.1) is 0 Å². The van der Waals surface area contributed by atoms with Crippen LogP contribution in [0.25, 0.3) is 22.4 Å². The number of fused-ring (bicyclic) bond motifs is 1. The van der Waals surface area contributed by atoms with E-state index in [1.807, 2.05) is 48.5 Å². The zero-order valence-electron chi connectivity index (χ0n) is 19.0. The first-order valence-electron chi connectivity index (χ1n) is 11.1. The number of anilines is 2. The molecule has 0 aliphatic carbocycles. The molecule has 1 N–H and O–H groups in total. The van der Waals surface area contributed by atoms with E-state index in [0.29, 0.717) is 53.0 Å². The van der Waals surface area contributed by atoms with E-state index in [4.69, 9.17) is 14.2 Å². The Kier molecular flexibility index (Phi) is 6.09. The second-order valence-electron chi connectivity index (χ2n) is 8.00. The van der Waals surface area contributed by atoms with Gasteiger partial charge in [-0.3, -0.25) is 9.36 Å². The fourth-order valence-corrected chi connectivity index (χ4v) is 4.02. The number of benzene rings is 2. The first-order chi connectivity index (χ1) is 16.6. The van der Waals surface area contributed by atoms with Crippen LogP contribution >= 0.6 is 0 Å². The minimum absolute atomic E-state index is 0.0447. The summed E-state index contributed by atoms with van der Waals surface area (Å²) in [6.45, 7) is 1.10. The van der Waals surface area contributed by atoms with Crippen molar-refractivity contribution in [2.75, 3.05) is 26.1 Å². The molecule has 1 saturated heterocycles. The van der Waals surface area contributed by atoms with Crippen LogP contribution in [0.2, 0.25) is 0 Å². The first kappa shape index (κ1) is 21.8. The largest absolute Gasteiger partial charge is 0.497 e. The number of ether oxygens (including phenoxy) is 3. The van der Waals surface area contributed by atoms with E-state index in [0.717, 1.165) is 18.5 Å². The third-order valence-corrected chi connectivity index (χ3v) is 5.79. The molecule has 1 aliphatic rings. The van der Waals surface area contributed by atoms with Crippen molar-refractivity contribution in [2.45, 2.75) is 25.5 Å². The molecule has 174 valence electrons. The maximum absolute atomic E-state index is 13.6. The lowest BCUT2D eigenvalue weighted by Gasteiger charge is -2.16. The van der Waals surface area contributed by atoms with E-state index in [2.05, 4.69) is 20.3 Å². The molecule has 9 heteroatoms. The van der Waals surface area contributed by atoms with Crippen molar-refractivity contribution < 1.29 is 14.2 Å². The minimum atomic E-state index is -0.223. The number of aromatic nitrogens is 4. The van der Waals surface area contributed by atoms with Gasteiger partial charge in [-0.15, -0.1) is 0 Å². The van der Waals surface area contributed by atoms with Crippen LogP contribution in [0.15, 0.2) is 59.5 Å². The third-order valence-electron chi connectivity index (χ3n) is 5.79. The van der Waals surface area contributed by atoms with E-state index < -0.39 is 0 Å². The molecular formula is C25H25N5O4. The summed E-state index contributed by atoms with van der Waals surface area (Å²) < 4.78 is 18.0. The zero-order valence-corrected chi connectivity index (χ0v) is 19.0. The molecule has 0 unspecified atom stereocenters. The van der Waals surface area contributed by atoms with E-state index in [9.17, 15) is 4.79 Å².